The van der Waals surface area contributed by atoms with Gasteiger partial charge in [0.05, 0.1) is 11.5 Å². The summed E-state index contributed by atoms with van der Waals surface area (Å²) in [5.41, 5.74) is 0.643. The van der Waals surface area contributed by atoms with Gasteiger partial charge in [0.25, 0.3) is 10.1 Å². The number of benzene rings is 1. The van der Waals surface area contributed by atoms with Crippen molar-refractivity contribution in [3.8, 4) is 0 Å². The summed E-state index contributed by atoms with van der Waals surface area (Å²) < 4.78 is 30.8. The molecule has 0 spiro atoms. The Labute approximate surface area is 87.7 Å². The lowest BCUT2D eigenvalue weighted by atomic mass is 10.1. The van der Waals surface area contributed by atoms with Crippen LogP contribution in [0, 0.1) is 0 Å². The second-order valence-corrected chi connectivity index (χ2v) is 4.39. The van der Waals surface area contributed by atoms with Gasteiger partial charge in [-0.15, -0.1) is 0 Å². The first-order valence-corrected chi connectivity index (χ1v) is 5.74. The largest absolute Gasteiger partial charge is 0.396 e. The van der Waals surface area contributed by atoms with Crippen LogP contribution < -0.4 is 0 Å². The van der Waals surface area contributed by atoms with Crippen molar-refractivity contribution in [2.75, 3.05) is 6.61 Å². The predicted octanol–water partition coefficient (Wildman–Crippen LogP) is -0.0396. The van der Waals surface area contributed by atoms with Crippen molar-refractivity contribution in [2.24, 2.45) is 0 Å². The van der Waals surface area contributed by atoms with Crippen molar-refractivity contribution in [3.63, 3.8) is 0 Å². The van der Waals surface area contributed by atoms with Crippen LogP contribution in [0.15, 0.2) is 23.1 Å². The van der Waals surface area contributed by atoms with Gasteiger partial charge >= 0.3 is 0 Å². The molecule has 3 N–H and O–H groups in total. The number of hydrogen-bond donors (Lipinski definition) is 3. The summed E-state index contributed by atoms with van der Waals surface area (Å²) >= 11 is 0. The molecule has 0 bridgehead atoms. The fourth-order valence-electron chi connectivity index (χ4n) is 1.39. The highest BCUT2D eigenvalue weighted by molar-refractivity contribution is 7.85. The third-order valence-corrected chi connectivity index (χ3v) is 2.99. The molecule has 0 saturated carbocycles. The minimum absolute atomic E-state index is 0.133. The molecule has 0 aliphatic rings. The number of aliphatic hydroxyl groups excluding tert-OH is 2. The molecule has 0 aromatic heterocycles. The quantitative estimate of drug-likeness (QED) is 0.633. The topological polar surface area (TPSA) is 94.8 Å². The van der Waals surface area contributed by atoms with Crippen LogP contribution in [0.4, 0.5) is 0 Å². The SMILES string of the molecule is O=S(=O)(O)c1cccc(CCO)c1CO. The van der Waals surface area contributed by atoms with Crippen molar-refractivity contribution in [2.45, 2.75) is 17.9 Å². The summed E-state index contributed by atoms with van der Waals surface area (Å²) in [7, 11) is -4.33. The van der Waals surface area contributed by atoms with Gasteiger partial charge in [0.2, 0.25) is 0 Å². The molecule has 1 aromatic carbocycles. The molecule has 84 valence electrons. The van der Waals surface area contributed by atoms with E-state index in [0.717, 1.165) is 0 Å². The predicted molar refractivity (Wildman–Crippen MR) is 53.0 cm³/mol. The maximum absolute atomic E-state index is 11.0. The van der Waals surface area contributed by atoms with Gasteiger partial charge in [-0.25, -0.2) is 0 Å². The Balaban J connectivity index is 3.35. The standard InChI is InChI=1S/C9H12O5S/c10-5-4-7-2-1-3-9(8(7)6-11)15(12,13)14/h1-3,10-11H,4-6H2,(H,12,13,14). The van der Waals surface area contributed by atoms with Crippen LogP contribution in [0.25, 0.3) is 0 Å². The maximum Gasteiger partial charge on any atom is 0.294 e. The number of rotatable bonds is 4. The van der Waals surface area contributed by atoms with E-state index in [0.29, 0.717) is 5.56 Å². The van der Waals surface area contributed by atoms with Crippen LogP contribution in [0.2, 0.25) is 0 Å². The first-order valence-electron chi connectivity index (χ1n) is 4.30. The molecule has 1 aromatic rings. The summed E-state index contributed by atoms with van der Waals surface area (Å²) in [5, 5.41) is 17.8. The van der Waals surface area contributed by atoms with Gasteiger partial charge in [0.15, 0.2) is 0 Å². The zero-order valence-electron chi connectivity index (χ0n) is 7.92. The van der Waals surface area contributed by atoms with E-state index < -0.39 is 16.7 Å². The molecule has 1 rings (SSSR count). The van der Waals surface area contributed by atoms with Crippen molar-refractivity contribution in [1.29, 1.82) is 0 Å². The summed E-state index contributed by atoms with van der Waals surface area (Å²) in [5.74, 6) is 0. The summed E-state index contributed by atoms with van der Waals surface area (Å²) in [6.07, 6.45) is 0.235. The van der Waals surface area contributed by atoms with Gasteiger partial charge in [0, 0.05) is 12.2 Å². The van der Waals surface area contributed by atoms with Crippen LogP contribution in [-0.4, -0.2) is 29.8 Å². The molecule has 0 unspecified atom stereocenters. The molecule has 0 aliphatic heterocycles. The van der Waals surface area contributed by atoms with E-state index in [9.17, 15) is 8.42 Å². The molecular weight excluding hydrogens is 220 g/mol. The van der Waals surface area contributed by atoms with E-state index in [1.165, 1.54) is 12.1 Å². The third kappa shape index (κ3) is 2.75. The normalized spacial score (nSPS) is 11.7. The monoisotopic (exact) mass is 232 g/mol. The van der Waals surface area contributed by atoms with E-state index in [4.69, 9.17) is 14.8 Å². The highest BCUT2D eigenvalue weighted by Crippen LogP contribution is 2.20. The molecule has 0 fully saturated rings. The van der Waals surface area contributed by atoms with Crippen LogP contribution in [0.5, 0.6) is 0 Å². The Morgan fingerprint density at radius 1 is 1.20 bits per heavy atom. The van der Waals surface area contributed by atoms with Gasteiger partial charge in [-0.3, -0.25) is 4.55 Å². The highest BCUT2D eigenvalue weighted by Gasteiger charge is 2.17. The van der Waals surface area contributed by atoms with Gasteiger partial charge in [0.1, 0.15) is 0 Å². The average Bonchev–Trinajstić information content (AvgIpc) is 2.16. The fraction of sp³-hybridized carbons (Fsp3) is 0.333. The lowest BCUT2D eigenvalue weighted by Crippen LogP contribution is -2.07. The molecule has 0 amide bonds. The smallest absolute Gasteiger partial charge is 0.294 e. The zero-order valence-corrected chi connectivity index (χ0v) is 8.74. The molecule has 15 heavy (non-hydrogen) atoms. The molecule has 0 saturated heterocycles. The first-order chi connectivity index (χ1) is 7.00. The van der Waals surface area contributed by atoms with E-state index in [2.05, 4.69) is 0 Å². The lowest BCUT2D eigenvalue weighted by Gasteiger charge is -2.09. The fourth-order valence-corrected chi connectivity index (χ4v) is 2.14. The minimum Gasteiger partial charge on any atom is -0.396 e. The molecule has 0 atom stereocenters. The molecular formula is C9H12O5S. The van der Waals surface area contributed by atoms with E-state index in [-0.39, 0.29) is 23.5 Å². The van der Waals surface area contributed by atoms with E-state index >= 15 is 0 Å². The van der Waals surface area contributed by atoms with Crippen molar-refractivity contribution in [1.82, 2.24) is 0 Å². The van der Waals surface area contributed by atoms with Crippen molar-refractivity contribution >= 4 is 10.1 Å². The Kier molecular flexibility index (Phi) is 3.81. The van der Waals surface area contributed by atoms with Crippen molar-refractivity contribution < 1.29 is 23.2 Å². The van der Waals surface area contributed by atoms with Crippen LogP contribution >= 0.6 is 0 Å². The second kappa shape index (κ2) is 4.71. The molecule has 6 heteroatoms. The van der Waals surface area contributed by atoms with E-state index in [1.807, 2.05) is 0 Å². The molecule has 0 heterocycles. The Bertz CT molecular complexity index is 438. The highest BCUT2D eigenvalue weighted by atomic mass is 32.2. The average molecular weight is 232 g/mol. The summed E-state index contributed by atoms with van der Waals surface area (Å²) in [4.78, 5) is -0.309. The maximum atomic E-state index is 11.0. The van der Waals surface area contributed by atoms with Gasteiger partial charge in [-0.1, -0.05) is 12.1 Å². The first kappa shape index (κ1) is 12.1. The summed E-state index contributed by atoms with van der Waals surface area (Å²) in [6, 6.07) is 4.26. The number of hydrogen-bond acceptors (Lipinski definition) is 4. The zero-order chi connectivity index (χ0) is 11.5. The van der Waals surface area contributed by atoms with Crippen molar-refractivity contribution in [3.05, 3.63) is 29.3 Å². The molecule has 0 aliphatic carbocycles. The number of aliphatic hydroxyl groups is 2. The van der Waals surface area contributed by atoms with Crippen LogP contribution in [0.3, 0.4) is 0 Å². The van der Waals surface area contributed by atoms with Gasteiger partial charge in [-0.2, -0.15) is 8.42 Å². The van der Waals surface area contributed by atoms with Gasteiger partial charge < -0.3 is 10.2 Å². The Morgan fingerprint density at radius 2 is 1.87 bits per heavy atom. The van der Waals surface area contributed by atoms with Gasteiger partial charge in [-0.05, 0) is 18.1 Å². The lowest BCUT2D eigenvalue weighted by molar-refractivity contribution is 0.272. The van der Waals surface area contributed by atoms with Crippen LogP contribution in [-0.2, 0) is 23.1 Å². The molecule has 5 nitrogen and oxygen atoms in total. The van der Waals surface area contributed by atoms with Crippen LogP contribution in [0.1, 0.15) is 11.1 Å². The Morgan fingerprint density at radius 3 is 2.33 bits per heavy atom. The minimum atomic E-state index is -4.33. The molecule has 0 radical (unpaired) electrons. The Hall–Kier alpha value is -0.950. The summed E-state index contributed by atoms with van der Waals surface area (Å²) in [6.45, 7) is -0.646. The third-order valence-electron chi connectivity index (χ3n) is 2.05. The second-order valence-electron chi connectivity index (χ2n) is 3.00. The van der Waals surface area contributed by atoms with E-state index in [1.54, 1.807) is 6.07 Å².